The van der Waals surface area contributed by atoms with Crippen molar-refractivity contribution < 1.29 is 0 Å². The lowest BCUT2D eigenvalue weighted by Crippen LogP contribution is -2.04. The van der Waals surface area contributed by atoms with Crippen molar-refractivity contribution in [2.24, 2.45) is 0 Å². The molecule has 0 aliphatic carbocycles. The quantitative estimate of drug-likeness (QED) is 0.420. The molecule has 3 rings (SSSR count). The second-order valence-electron chi connectivity index (χ2n) is 6.36. The SMILES string of the molecule is Cc1cnc(Nc2ccccc2)nc1Nc1c(Br)cc(C(C)C)cc1Br. The summed E-state index contributed by atoms with van der Waals surface area (Å²) in [5.41, 5.74) is 4.13. The fraction of sp³-hybridized carbons (Fsp3) is 0.200. The molecule has 26 heavy (non-hydrogen) atoms. The van der Waals surface area contributed by atoms with Crippen molar-refractivity contribution in [3.8, 4) is 0 Å². The summed E-state index contributed by atoms with van der Waals surface area (Å²) < 4.78 is 1.98. The largest absolute Gasteiger partial charge is 0.338 e. The highest BCUT2D eigenvalue weighted by molar-refractivity contribution is 9.11. The zero-order valence-corrected chi connectivity index (χ0v) is 18.0. The minimum Gasteiger partial charge on any atom is -0.338 e. The monoisotopic (exact) mass is 474 g/mol. The molecule has 134 valence electrons. The molecule has 2 N–H and O–H groups in total. The summed E-state index contributed by atoms with van der Waals surface area (Å²) in [7, 11) is 0. The molecule has 0 saturated heterocycles. The molecule has 0 aliphatic rings. The first-order valence-corrected chi connectivity index (χ1v) is 9.94. The molecule has 0 spiro atoms. The Morgan fingerprint density at radius 3 is 2.23 bits per heavy atom. The molecule has 1 heterocycles. The number of hydrogen-bond donors (Lipinski definition) is 2. The van der Waals surface area contributed by atoms with Crippen LogP contribution in [0.1, 0.15) is 30.9 Å². The molecule has 0 saturated carbocycles. The van der Waals surface area contributed by atoms with Gasteiger partial charge in [0.15, 0.2) is 0 Å². The Morgan fingerprint density at radius 1 is 0.962 bits per heavy atom. The Labute approximate surface area is 170 Å². The maximum Gasteiger partial charge on any atom is 0.229 e. The number of aryl methyl sites for hydroxylation is 1. The Hall–Kier alpha value is -1.92. The van der Waals surface area contributed by atoms with E-state index in [4.69, 9.17) is 0 Å². The van der Waals surface area contributed by atoms with E-state index in [0.717, 1.165) is 31.7 Å². The lowest BCUT2D eigenvalue weighted by Gasteiger charge is -2.16. The van der Waals surface area contributed by atoms with Crippen molar-refractivity contribution in [3.05, 3.63) is 68.7 Å². The van der Waals surface area contributed by atoms with Gasteiger partial charge in [0.25, 0.3) is 0 Å². The van der Waals surface area contributed by atoms with Crippen molar-refractivity contribution >= 4 is 55.0 Å². The zero-order valence-electron chi connectivity index (χ0n) is 14.8. The molecule has 0 radical (unpaired) electrons. The summed E-state index contributed by atoms with van der Waals surface area (Å²) in [5.74, 6) is 1.77. The second kappa shape index (κ2) is 8.18. The smallest absolute Gasteiger partial charge is 0.229 e. The maximum absolute atomic E-state index is 4.63. The van der Waals surface area contributed by atoms with Crippen LogP contribution >= 0.6 is 31.9 Å². The first kappa shape index (κ1) is 18.9. The van der Waals surface area contributed by atoms with Gasteiger partial charge in [-0.25, -0.2) is 4.98 Å². The molecule has 0 atom stereocenters. The Kier molecular flexibility index (Phi) is 5.94. The standard InChI is InChI=1S/C20H20Br2N4/c1-12(2)14-9-16(21)18(17(22)10-14)25-19-13(3)11-23-20(26-19)24-15-7-5-4-6-8-15/h4-12H,1-3H3,(H2,23,24,25,26). The van der Waals surface area contributed by atoms with Crippen molar-refractivity contribution in [2.45, 2.75) is 26.7 Å². The van der Waals surface area contributed by atoms with Gasteiger partial charge < -0.3 is 10.6 Å². The van der Waals surface area contributed by atoms with Gasteiger partial charge in [-0.3, -0.25) is 0 Å². The van der Waals surface area contributed by atoms with E-state index in [9.17, 15) is 0 Å². The topological polar surface area (TPSA) is 49.8 Å². The molecule has 1 aromatic heterocycles. The minimum absolute atomic E-state index is 0.458. The van der Waals surface area contributed by atoms with Gasteiger partial charge in [0.05, 0.1) is 5.69 Å². The summed E-state index contributed by atoms with van der Waals surface area (Å²) >= 11 is 7.34. The van der Waals surface area contributed by atoms with Gasteiger partial charge in [0, 0.05) is 26.4 Å². The van der Waals surface area contributed by atoms with Crippen LogP contribution in [-0.2, 0) is 0 Å². The van der Waals surface area contributed by atoms with Crippen LogP contribution in [-0.4, -0.2) is 9.97 Å². The van der Waals surface area contributed by atoms with E-state index in [1.165, 1.54) is 5.56 Å². The van der Waals surface area contributed by atoms with E-state index in [0.29, 0.717) is 11.9 Å². The fourth-order valence-corrected chi connectivity index (χ4v) is 3.86. The van der Waals surface area contributed by atoms with Crippen LogP contribution < -0.4 is 10.6 Å². The number of nitrogens with zero attached hydrogens (tertiary/aromatic N) is 2. The highest BCUT2D eigenvalue weighted by Crippen LogP contribution is 2.36. The molecular weight excluding hydrogens is 456 g/mol. The number of rotatable bonds is 5. The molecule has 2 aromatic carbocycles. The van der Waals surface area contributed by atoms with Gasteiger partial charge in [-0.2, -0.15) is 4.98 Å². The predicted molar refractivity (Wildman–Crippen MR) is 116 cm³/mol. The van der Waals surface area contributed by atoms with Crippen LogP contribution in [0.4, 0.5) is 23.1 Å². The first-order chi connectivity index (χ1) is 12.4. The average molecular weight is 476 g/mol. The van der Waals surface area contributed by atoms with E-state index >= 15 is 0 Å². The van der Waals surface area contributed by atoms with Crippen molar-refractivity contribution in [3.63, 3.8) is 0 Å². The summed E-state index contributed by atoms with van der Waals surface area (Å²) in [4.78, 5) is 9.00. The van der Waals surface area contributed by atoms with Crippen LogP contribution in [0.25, 0.3) is 0 Å². The molecule has 0 bridgehead atoms. The number of aromatic nitrogens is 2. The molecule has 3 aromatic rings. The highest BCUT2D eigenvalue weighted by atomic mass is 79.9. The number of anilines is 4. The second-order valence-corrected chi connectivity index (χ2v) is 8.06. The van der Waals surface area contributed by atoms with Crippen LogP contribution in [0.3, 0.4) is 0 Å². The maximum atomic E-state index is 4.63. The van der Waals surface area contributed by atoms with Crippen molar-refractivity contribution in [1.29, 1.82) is 0 Å². The fourth-order valence-electron chi connectivity index (χ4n) is 2.44. The lowest BCUT2D eigenvalue weighted by atomic mass is 10.0. The third-order valence-electron chi connectivity index (χ3n) is 3.98. The van der Waals surface area contributed by atoms with Gasteiger partial charge in [-0.05, 0) is 74.5 Å². The van der Waals surface area contributed by atoms with Crippen LogP contribution in [0.2, 0.25) is 0 Å². The molecule has 0 aliphatic heterocycles. The van der Waals surface area contributed by atoms with E-state index in [1.807, 2.05) is 43.5 Å². The molecular formula is C20H20Br2N4. The lowest BCUT2D eigenvalue weighted by molar-refractivity contribution is 0.865. The van der Waals surface area contributed by atoms with Gasteiger partial charge in [-0.15, -0.1) is 0 Å². The Balaban J connectivity index is 1.89. The summed E-state index contributed by atoms with van der Waals surface area (Å²) in [6.45, 7) is 6.34. The molecule has 6 heteroatoms. The number of nitrogens with one attached hydrogen (secondary N) is 2. The van der Waals surface area contributed by atoms with Crippen molar-refractivity contribution in [2.75, 3.05) is 10.6 Å². The number of benzene rings is 2. The summed E-state index contributed by atoms with van der Waals surface area (Å²) in [6, 6.07) is 14.2. The molecule has 0 unspecified atom stereocenters. The third-order valence-corrected chi connectivity index (χ3v) is 5.23. The van der Waals surface area contributed by atoms with Crippen molar-refractivity contribution in [1.82, 2.24) is 9.97 Å². The van der Waals surface area contributed by atoms with Gasteiger partial charge in [0.1, 0.15) is 5.82 Å². The predicted octanol–water partition coefficient (Wildman–Crippen LogP) is 6.92. The first-order valence-electron chi connectivity index (χ1n) is 8.35. The summed E-state index contributed by atoms with van der Waals surface area (Å²) in [5, 5.41) is 6.64. The van der Waals surface area contributed by atoms with Crippen LogP contribution in [0, 0.1) is 6.92 Å². The molecule has 4 nitrogen and oxygen atoms in total. The van der Waals surface area contributed by atoms with Gasteiger partial charge in [-0.1, -0.05) is 32.0 Å². The Bertz CT molecular complexity index is 888. The number of para-hydroxylation sites is 1. The van der Waals surface area contributed by atoms with E-state index < -0.39 is 0 Å². The highest BCUT2D eigenvalue weighted by Gasteiger charge is 2.12. The van der Waals surface area contributed by atoms with Gasteiger partial charge >= 0.3 is 0 Å². The average Bonchev–Trinajstić information content (AvgIpc) is 2.61. The van der Waals surface area contributed by atoms with E-state index in [2.05, 4.69) is 78.4 Å². The minimum atomic E-state index is 0.458. The van der Waals surface area contributed by atoms with Crippen LogP contribution in [0.5, 0.6) is 0 Å². The number of hydrogen-bond acceptors (Lipinski definition) is 4. The van der Waals surface area contributed by atoms with Gasteiger partial charge in [0.2, 0.25) is 5.95 Å². The Morgan fingerprint density at radius 2 is 1.62 bits per heavy atom. The van der Waals surface area contributed by atoms with E-state index in [-0.39, 0.29) is 0 Å². The van der Waals surface area contributed by atoms with E-state index in [1.54, 1.807) is 0 Å². The number of halogens is 2. The molecule has 0 amide bonds. The zero-order chi connectivity index (χ0) is 18.7. The normalized spacial score (nSPS) is 10.8. The summed E-state index contributed by atoms with van der Waals surface area (Å²) in [6.07, 6.45) is 1.81. The molecule has 0 fully saturated rings. The third kappa shape index (κ3) is 4.43. The van der Waals surface area contributed by atoms with Crippen LogP contribution in [0.15, 0.2) is 57.6 Å².